The van der Waals surface area contributed by atoms with Gasteiger partial charge >= 0.3 is 11.9 Å². The monoisotopic (exact) mass is 192 g/mol. The number of hydrogen-bond donors (Lipinski definition) is 1. The van der Waals surface area contributed by atoms with Crippen LogP contribution in [0.15, 0.2) is 0 Å². The van der Waals surface area contributed by atoms with E-state index in [1.807, 2.05) is 0 Å². The minimum atomic E-state index is -1.74. The van der Waals surface area contributed by atoms with Crippen LogP contribution in [0.3, 0.4) is 0 Å². The zero-order chi connectivity index (χ0) is 10.3. The van der Waals surface area contributed by atoms with E-state index in [4.69, 9.17) is 5.11 Å². The average molecular weight is 192 g/mol. The van der Waals surface area contributed by atoms with Crippen molar-refractivity contribution in [1.29, 1.82) is 0 Å². The molecule has 0 fully saturated rings. The summed E-state index contributed by atoms with van der Waals surface area (Å²) in [7, 11) is 1.17. The highest BCUT2D eigenvalue weighted by Gasteiger charge is 2.17. The third-order valence-corrected chi connectivity index (χ3v) is 1.07. The Balaban J connectivity index is 3.67. The number of aliphatic hydroxyl groups excluding tert-OH is 1. The van der Waals surface area contributed by atoms with Gasteiger partial charge in [0.15, 0.2) is 0 Å². The molecule has 0 aromatic rings. The molecule has 0 radical (unpaired) electrons. The van der Waals surface area contributed by atoms with Crippen LogP contribution in [-0.2, 0) is 23.8 Å². The molecule has 0 rings (SSSR count). The highest BCUT2D eigenvalue weighted by atomic mass is 16.7. The Labute approximate surface area is 75.4 Å². The van der Waals surface area contributed by atoms with Gasteiger partial charge in [-0.1, -0.05) is 0 Å². The Bertz CT molecular complexity index is 178. The molecular formula is C7H12O6. The quantitative estimate of drug-likeness (QED) is 0.447. The number of aliphatic hydroxyl groups is 1. The van der Waals surface area contributed by atoms with Crippen molar-refractivity contribution < 1.29 is 28.9 Å². The van der Waals surface area contributed by atoms with Gasteiger partial charge < -0.3 is 19.3 Å². The average Bonchev–Trinajstić information content (AvgIpc) is 2.13. The van der Waals surface area contributed by atoms with Gasteiger partial charge in [-0.15, -0.1) is 0 Å². The maximum absolute atomic E-state index is 10.7. The van der Waals surface area contributed by atoms with Gasteiger partial charge in [0.1, 0.15) is 6.61 Å². The highest BCUT2D eigenvalue weighted by Crippen LogP contribution is 1.91. The maximum atomic E-state index is 10.7. The van der Waals surface area contributed by atoms with Crippen molar-refractivity contribution in [2.75, 3.05) is 20.3 Å². The molecule has 0 aromatic heterocycles. The van der Waals surface area contributed by atoms with E-state index in [0.29, 0.717) is 0 Å². The summed E-state index contributed by atoms with van der Waals surface area (Å²) in [4.78, 5) is 21.2. The molecule has 6 heteroatoms. The van der Waals surface area contributed by atoms with Crippen LogP contribution in [0.4, 0.5) is 0 Å². The summed E-state index contributed by atoms with van der Waals surface area (Å²) in [6, 6.07) is 0. The Morgan fingerprint density at radius 2 is 2.08 bits per heavy atom. The predicted octanol–water partition coefficient (Wildman–Crippen LogP) is -0.943. The van der Waals surface area contributed by atoms with Gasteiger partial charge in [0, 0.05) is 0 Å². The molecular weight excluding hydrogens is 180 g/mol. The third kappa shape index (κ3) is 5.15. The van der Waals surface area contributed by atoms with E-state index < -0.39 is 24.8 Å². The normalized spacial score (nSPS) is 11.9. The molecule has 1 N–H and O–H groups in total. The first kappa shape index (κ1) is 11.9. The lowest BCUT2D eigenvalue weighted by molar-refractivity contribution is -0.186. The Morgan fingerprint density at radius 3 is 2.54 bits per heavy atom. The van der Waals surface area contributed by atoms with Crippen molar-refractivity contribution in [2.24, 2.45) is 0 Å². The van der Waals surface area contributed by atoms with Crippen LogP contribution >= 0.6 is 0 Å². The molecule has 0 spiro atoms. The largest absolute Gasteiger partial charge is 0.467 e. The molecule has 13 heavy (non-hydrogen) atoms. The molecule has 0 aliphatic carbocycles. The maximum Gasteiger partial charge on any atom is 0.363 e. The minimum Gasteiger partial charge on any atom is -0.467 e. The van der Waals surface area contributed by atoms with Gasteiger partial charge in [0.05, 0.1) is 13.7 Å². The number of carbonyl (C=O) groups excluding carboxylic acids is 2. The second kappa shape index (κ2) is 6.38. The molecule has 1 atom stereocenters. The summed E-state index contributed by atoms with van der Waals surface area (Å²) < 4.78 is 13.0. The number of esters is 2. The number of ether oxygens (including phenoxy) is 3. The van der Waals surface area contributed by atoms with Crippen LogP contribution in [0, 0.1) is 0 Å². The summed E-state index contributed by atoms with van der Waals surface area (Å²) in [6.07, 6.45) is -1.74. The Hall–Kier alpha value is -1.14. The fourth-order valence-corrected chi connectivity index (χ4v) is 0.487. The van der Waals surface area contributed by atoms with E-state index in [9.17, 15) is 9.59 Å². The van der Waals surface area contributed by atoms with Crippen LogP contribution in [0.1, 0.15) is 6.92 Å². The van der Waals surface area contributed by atoms with Gasteiger partial charge in [-0.2, -0.15) is 0 Å². The fourth-order valence-electron chi connectivity index (χ4n) is 0.487. The molecule has 0 aliphatic rings. The zero-order valence-electron chi connectivity index (χ0n) is 7.48. The Morgan fingerprint density at radius 1 is 1.46 bits per heavy atom. The third-order valence-electron chi connectivity index (χ3n) is 1.07. The van der Waals surface area contributed by atoms with Gasteiger partial charge in [-0.05, 0) is 6.92 Å². The van der Waals surface area contributed by atoms with Crippen LogP contribution in [0.25, 0.3) is 0 Å². The van der Waals surface area contributed by atoms with Crippen LogP contribution < -0.4 is 0 Å². The first-order valence-electron chi connectivity index (χ1n) is 3.65. The molecule has 0 bridgehead atoms. The standard InChI is InChI=1S/C7H12O6/c1-3-12-6(9)7(10)13-4-5(8)11-2/h7,10H,3-4H2,1-2H3. The summed E-state index contributed by atoms with van der Waals surface area (Å²) in [6.45, 7) is 1.24. The lowest BCUT2D eigenvalue weighted by atomic mass is 10.6. The first-order chi connectivity index (χ1) is 6.11. The zero-order valence-corrected chi connectivity index (χ0v) is 7.48. The van der Waals surface area contributed by atoms with E-state index in [1.165, 1.54) is 7.11 Å². The molecule has 0 amide bonds. The van der Waals surface area contributed by atoms with E-state index in [-0.39, 0.29) is 6.61 Å². The van der Waals surface area contributed by atoms with Crippen molar-refractivity contribution in [2.45, 2.75) is 13.2 Å². The summed E-state index contributed by atoms with van der Waals surface area (Å²) >= 11 is 0. The van der Waals surface area contributed by atoms with Crippen molar-refractivity contribution >= 4 is 11.9 Å². The van der Waals surface area contributed by atoms with Crippen LogP contribution in [0.5, 0.6) is 0 Å². The van der Waals surface area contributed by atoms with Crippen LogP contribution in [0.2, 0.25) is 0 Å². The second-order valence-electron chi connectivity index (χ2n) is 1.99. The minimum absolute atomic E-state index is 0.136. The molecule has 0 saturated heterocycles. The van der Waals surface area contributed by atoms with Gasteiger partial charge in [0.25, 0.3) is 6.29 Å². The fraction of sp³-hybridized carbons (Fsp3) is 0.714. The van der Waals surface area contributed by atoms with Crippen molar-refractivity contribution in [3.63, 3.8) is 0 Å². The lowest BCUT2D eigenvalue weighted by Gasteiger charge is -2.09. The smallest absolute Gasteiger partial charge is 0.363 e. The van der Waals surface area contributed by atoms with E-state index >= 15 is 0 Å². The van der Waals surface area contributed by atoms with E-state index in [2.05, 4.69) is 14.2 Å². The number of methoxy groups -OCH3 is 1. The lowest BCUT2D eigenvalue weighted by Crippen LogP contribution is -2.28. The predicted molar refractivity (Wildman–Crippen MR) is 40.6 cm³/mol. The van der Waals surface area contributed by atoms with E-state index in [1.54, 1.807) is 6.92 Å². The highest BCUT2D eigenvalue weighted by molar-refractivity contribution is 5.74. The van der Waals surface area contributed by atoms with Gasteiger partial charge in [-0.3, -0.25) is 0 Å². The molecule has 0 saturated carbocycles. The first-order valence-corrected chi connectivity index (χ1v) is 3.65. The summed E-state index contributed by atoms with van der Waals surface area (Å²) in [5.74, 6) is -1.60. The van der Waals surface area contributed by atoms with Crippen LogP contribution in [-0.4, -0.2) is 43.7 Å². The summed E-state index contributed by atoms with van der Waals surface area (Å²) in [5.41, 5.74) is 0. The number of rotatable bonds is 5. The number of hydrogen-bond acceptors (Lipinski definition) is 6. The van der Waals surface area contributed by atoms with Crippen molar-refractivity contribution in [1.82, 2.24) is 0 Å². The Kier molecular flexibility index (Phi) is 5.82. The number of carbonyl (C=O) groups is 2. The topological polar surface area (TPSA) is 82.1 Å². The molecule has 0 aliphatic heterocycles. The van der Waals surface area contributed by atoms with Gasteiger partial charge in [0.2, 0.25) is 0 Å². The van der Waals surface area contributed by atoms with Crippen molar-refractivity contribution in [3.05, 3.63) is 0 Å². The van der Waals surface area contributed by atoms with Gasteiger partial charge in [-0.25, -0.2) is 9.59 Å². The molecule has 0 heterocycles. The summed E-state index contributed by atoms with van der Waals surface area (Å²) in [5, 5.41) is 8.89. The second-order valence-corrected chi connectivity index (χ2v) is 1.99. The SMILES string of the molecule is CCOC(=O)C(O)OCC(=O)OC. The van der Waals surface area contributed by atoms with Crippen molar-refractivity contribution in [3.8, 4) is 0 Å². The molecule has 1 unspecified atom stereocenters. The van der Waals surface area contributed by atoms with E-state index in [0.717, 1.165) is 0 Å². The molecule has 6 nitrogen and oxygen atoms in total. The molecule has 0 aromatic carbocycles. The molecule has 76 valence electrons.